The summed E-state index contributed by atoms with van der Waals surface area (Å²) in [7, 11) is 0. The average molecular weight is 910 g/mol. The summed E-state index contributed by atoms with van der Waals surface area (Å²) in [6, 6.07) is 32.1. The van der Waals surface area contributed by atoms with E-state index in [-0.39, 0.29) is 42.7 Å². The Morgan fingerprint density at radius 1 is 0.636 bits per heavy atom. The summed E-state index contributed by atoms with van der Waals surface area (Å²) in [5.41, 5.74) is 11.6. The van der Waals surface area contributed by atoms with E-state index in [1.807, 2.05) is 47.4 Å². The molecule has 286 valence electrons. The topological polar surface area (TPSA) is 44.9 Å². The number of para-hydroxylation sites is 1. The maximum absolute atomic E-state index is 6.49. The van der Waals surface area contributed by atoms with Gasteiger partial charge < -0.3 is 9.30 Å². The molecule has 0 aliphatic carbocycles. The van der Waals surface area contributed by atoms with Crippen LogP contribution < -0.4 is 4.74 Å². The molecule has 0 unspecified atom stereocenters. The number of nitrogens with zero attached hydrogens (tertiary/aromatic N) is 4. The molecule has 3 aromatic heterocycles. The molecule has 7 aromatic rings. The molecule has 0 aliphatic heterocycles. The van der Waals surface area contributed by atoms with Crippen molar-refractivity contribution in [3.8, 4) is 34.1 Å². The number of rotatable bonds is 5. The third-order valence-corrected chi connectivity index (χ3v) is 10.2. The number of fused-ring (bicyclic) bond motifs is 3. The van der Waals surface area contributed by atoms with Crippen molar-refractivity contribution in [2.75, 3.05) is 0 Å². The fraction of sp³-hybridized carbons (Fsp3) is 0.347. The Balaban J connectivity index is 0.00000514. The molecular formula is C49H54N4OPt. The molecule has 0 bridgehead atoms. The van der Waals surface area contributed by atoms with Crippen molar-refractivity contribution in [1.82, 2.24) is 19.3 Å². The summed E-state index contributed by atoms with van der Waals surface area (Å²) in [4.78, 5) is 4.72. The number of aryl methyl sites for hydroxylation is 1. The Morgan fingerprint density at radius 2 is 1.31 bits per heavy atom. The van der Waals surface area contributed by atoms with E-state index in [9.17, 15) is 0 Å². The quantitative estimate of drug-likeness (QED) is 0.162. The molecule has 0 radical (unpaired) electrons. The zero-order valence-electron chi connectivity index (χ0n) is 34.7. The number of pyridine rings is 1. The van der Waals surface area contributed by atoms with Gasteiger partial charge in [-0.15, -0.1) is 35.7 Å². The van der Waals surface area contributed by atoms with Gasteiger partial charge in [-0.05, 0) is 91.2 Å². The summed E-state index contributed by atoms with van der Waals surface area (Å²) in [5, 5.41) is 7.19. The molecule has 0 amide bonds. The van der Waals surface area contributed by atoms with Crippen LogP contribution in [0.4, 0.5) is 0 Å². The molecule has 55 heavy (non-hydrogen) atoms. The van der Waals surface area contributed by atoms with Crippen LogP contribution in [-0.2, 0) is 42.7 Å². The second kappa shape index (κ2) is 14.2. The summed E-state index contributed by atoms with van der Waals surface area (Å²) < 4.78 is 10.6. The Labute approximate surface area is 342 Å². The van der Waals surface area contributed by atoms with Crippen LogP contribution in [0.25, 0.3) is 44.4 Å². The van der Waals surface area contributed by atoms with Gasteiger partial charge in [-0.1, -0.05) is 113 Å². The number of benzene rings is 4. The molecule has 3 heterocycles. The second-order valence-electron chi connectivity index (χ2n) is 18.9. The van der Waals surface area contributed by atoms with E-state index in [4.69, 9.17) is 14.8 Å². The van der Waals surface area contributed by atoms with E-state index in [1.165, 1.54) is 27.8 Å². The molecular weight excluding hydrogens is 856 g/mol. The Kier molecular flexibility index (Phi) is 10.4. The standard InChI is InChI=1S/C49H54N4O.Pt/c1-31-23-24-50-42(25-31)53-40-20-15-14-19-36(40)37-22-21-35(27-41(37)53)54-34-18-16-17-33(26-34)52-30-32(29-51-52)43-38(46(2,3)4)28-39(47(5,6)7)44(48(8,9)10)45(43)49(11,12)13;/h14-25,28-30H,1-13H3;/q-2;+2. The van der Waals surface area contributed by atoms with Crippen molar-refractivity contribution in [1.29, 1.82) is 0 Å². The third kappa shape index (κ3) is 7.70. The first-order chi connectivity index (χ1) is 25.2. The fourth-order valence-corrected chi connectivity index (χ4v) is 7.84. The van der Waals surface area contributed by atoms with Crippen LogP contribution in [0.3, 0.4) is 0 Å². The van der Waals surface area contributed by atoms with Crippen LogP contribution in [0, 0.1) is 19.1 Å². The van der Waals surface area contributed by atoms with E-state index in [2.05, 4.69) is 155 Å². The van der Waals surface area contributed by atoms with E-state index in [0.29, 0.717) is 11.5 Å². The zero-order chi connectivity index (χ0) is 39.0. The van der Waals surface area contributed by atoms with Crippen LogP contribution in [0.15, 0.2) is 91.4 Å². The first-order valence-corrected chi connectivity index (χ1v) is 19.1. The molecule has 4 aromatic carbocycles. The van der Waals surface area contributed by atoms with Crippen molar-refractivity contribution in [3.63, 3.8) is 0 Å². The van der Waals surface area contributed by atoms with Crippen molar-refractivity contribution < 1.29 is 25.8 Å². The third-order valence-electron chi connectivity index (χ3n) is 10.2. The number of aromatic nitrogens is 4. The smallest absolute Gasteiger partial charge is 0.509 e. The molecule has 0 fully saturated rings. The molecule has 0 saturated heterocycles. The van der Waals surface area contributed by atoms with Gasteiger partial charge in [0.25, 0.3) is 0 Å². The molecule has 0 atom stereocenters. The van der Waals surface area contributed by atoms with E-state index >= 15 is 0 Å². The largest absolute Gasteiger partial charge is 2.00 e. The van der Waals surface area contributed by atoms with E-state index in [0.717, 1.165) is 44.4 Å². The van der Waals surface area contributed by atoms with Crippen LogP contribution in [0.2, 0.25) is 0 Å². The Morgan fingerprint density at radius 3 is 1.96 bits per heavy atom. The Bertz CT molecular complexity index is 2530. The number of hydrogen-bond donors (Lipinski definition) is 0. The summed E-state index contributed by atoms with van der Waals surface area (Å²) in [6.07, 6.45) is 6.03. The van der Waals surface area contributed by atoms with Gasteiger partial charge in [0.1, 0.15) is 5.82 Å². The summed E-state index contributed by atoms with van der Waals surface area (Å²) in [5.74, 6) is 2.04. The molecule has 0 spiro atoms. The van der Waals surface area contributed by atoms with Crippen molar-refractivity contribution in [3.05, 3.63) is 131 Å². The van der Waals surface area contributed by atoms with Gasteiger partial charge in [0.2, 0.25) is 0 Å². The van der Waals surface area contributed by atoms with Gasteiger partial charge >= 0.3 is 21.1 Å². The van der Waals surface area contributed by atoms with Crippen LogP contribution in [-0.4, -0.2) is 19.3 Å². The van der Waals surface area contributed by atoms with Crippen molar-refractivity contribution in [2.45, 2.75) is 112 Å². The Hall–Kier alpha value is -4.47. The molecule has 6 heteroatoms. The van der Waals surface area contributed by atoms with E-state index < -0.39 is 0 Å². The fourth-order valence-electron chi connectivity index (χ4n) is 7.84. The summed E-state index contributed by atoms with van der Waals surface area (Å²) in [6.45, 7) is 30.2. The zero-order valence-corrected chi connectivity index (χ0v) is 36.9. The van der Waals surface area contributed by atoms with Gasteiger partial charge in [-0.2, -0.15) is 17.2 Å². The maximum Gasteiger partial charge on any atom is 2.00 e. The monoisotopic (exact) mass is 909 g/mol. The maximum atomic E-state index is 6.49. The predicted octanol–water partition coefficient (Wildman–Crippen LogP) is 12.9. The van der Waals surface area contributed by atoms with Crippen LogP contribution in [0.1, 0.15) is 111 Å². The number of ether oxygens (including phenoxy) is 1. The molecule has 0 N–H and O–H groups in total. The SMILES string of the molecule is Cc1ccnc(-n2c3[c-]c(Oc4[c-]c(-n5cc(-c6c(C(C)(C)C)cc(C(C)(C)C)c(C(C)(C)C)c6C(C)(C)C)cn5)ccc4)ccc3c3ccccc32)c1.[Pt+2]. The summed E-state index contributed by atoms with van der Waals surface area (Å²) >= 11 is 0. The van der Waals surface area contributed by atoms with Crippen LogP contribution in [0.5, 0.6) is 11.5 Å². The van der Waals surface area contributed by atoms with Crippen molar-refractivity contribution in [2.24, 2.45) is 0 Å². The minimum atomic E-state index is -0.111. The first-order valence-electron chi connectivity index (χ1n) is 19.1. The van der Waals surface area contributed by atoms with Gasteiger partial charge in [0, 0.05) is 35.0 Å². The van der Waals surface area contributed by atoms with Gasteiger partial charge in [0.05, 0.1) is 6.20 Å². The van der Waals surface area contributed by atoms with Crippen molar-refractivity contribution >= 4 is 21.8 Å². The molecule has 7 rings (SSSR count). The predicted molar refractivity (Wildman–Crippen MR) is 225 cm³/mol. The minimum absolute atomic E-state index is 0. The molecule has 0 aliphatic rings. The van der Waals surface area contributed by atoms with E-state index in [1.54, 1.807) is 0 Å². The first kappa shape index (κ1) is 40.2. The van der Waals surface area contributed by atoms with Crippen LogP contribution >= 0.6 is 0 Å². The van der Waals surface area contributed by atoms with Gasteiger partial charge in [0.15, 0.2) is 0 Å². The second-order valence-corrected chi connectivity index (χ2v) is 18.9. The van der Waals surface area contributed by atoms with Gasteiger partial charge in [-0.25, -0.2) is 4.98 Å². The average Bonchev–Trinajstić information content (AvgIpc) is 3.69. The molecule has 5 nitrogen and oxygen atoms in total. The molecule has 0 saturated carbocycles. The normalized spacial score (nSPS) is 12.7. The van der Waals surface area contributed by atoms with Gasteiger partial charge in [-0.3, -0.25) is 4.68 Å². The minimum Gasteiger partial charge on any atom is -0.509 e. The number of hydrogen-bond acceptors (Lipinski definition) is 3.